The predicted octanol–water partition coefficient (Wildman–Crippen LogP) is 0.578. The van der Waals surface area contributed by atoms with Gasteiger partial charge in [-0.05, 0) is 13.0 Å². The van der Waals surface area contributed by atoms with Crippen LogP contribution in [0.4, 0.5) is 11.5 Å². The van der Waals surface area contributed by atoms with Gasteiger partial charge in [0.2, 0.25) is 5.91 Å². The van der Waals surface area contributed by atoms with Crippen molar-refractivity contribution in [2.24, 2.45) is 0 Å². The highest BCUT2D eigenvalue weighted by atomic mass is 16.2. The number of nitrogens with two attached hydrogens (primary N) is 1. The molecule has 16 heavy (non-hydrogen) atoms. The number of carbonyl (C=O) groups excluding carboxylic acids is 1. The third-order valence-electron chi connectivity index (χ3n) is 2.34. The van der Waals surface area contributed by atoms with Gasteiger partial charge in [0.15, 0.2) is 0 Å². The number of anilines is 2. The number of hydrogen-bond acceptors (Lipinski definition) is 4. The largest absolute Gasteiger partial charge is 0.384 e. The Bertz CT molecular complexity index is 365. The molecular formula is C11H18N4O. The molecule has 5 heteroatoms. The van der Waals surface area contributed by atoms with E-state index >= 15 is 0 Å². The minimum atomic E-state index is 0.0669. The number of amides is 1. The van der Waals surface area contributed by atoms with Crippen molar-refractivity contribution in [2.45, 2.75) is 6.92 Å². The number of likely N-dealkylation sites (N-methyl/N-ethyl adjacent to an activating group) is 2. The Balaban J connectivity index is 2.78. The normalized spacial score (nSPS) is 9.94. The van der Waals surface area contributed by atoms with Crippen molar-refractivity contribution >= 4 is 17.4 Å². The van der Waals surface area contributed by atoms with Crippen LogP contribution in [-0.2, 0) is 4.79 Å². The molecule has 0 spiro atoms. The summed E-state index contributed by atoms with van der Waals surface area (Å²) in [6.45, 7) is 3.11. The van der Waals surface area contributed by atoms with Crippen LogP contribution < -0.4 is 10.6 Å². The highest BCUT2D eigenvalue weighted by Crippen LogP contribution is 2.15. The molecule has 0 aliphatic heterocycles. The first-order valence-electron chi connectivity index (χ1n) is 5.21. The first-order valence-corrected chi connectivity index (χ1v) is 5.21. The van der Waals surface area contributed by atoms with Gasteiger partial charge in [0.05, 0.1) is 6.54 Å². The van der Waals surface area contributed by atoms with Crippen LogP contribution in [0.25, 0.3) is 0 Å². The van der Waals surface area contributed by atoms with Crippen LogP contribution in [0.1, 0.15) is 6.92 Å². The summed E-state index contributed by atoms with van der Waals surface area (Å²) in [6, 6.07) is 3.62. The fraction of sp³-hybridized carbons (Fsp3) is 0.455. The molecule has 1 aromatic rings. The smallest absolute Gasteiger partial charge is 0.241 e. The van der Waals surface area contributed by atoms with Crippen LogP contribution in [0.15, 0.2) is 18.3 Å². The van der Waals surface area contributed by atoms with Crippen LogP contribution in [0.2, 0.25) is 0 Å². The van der Waals surface area contributed by atoms with Crippen molar-refractivity contribution in [2.75, 3.05) is 37.8 Å². The van der Waals surface area contributed by atoms with E-state index in [1.54, 1.807) is 31.3 Å². The summed E-state index contributed by atoms with van der Waals surface area (Å²) in [5, 5.41) is 0. The van der Waals surface area contributed by atoms with E-state index in [9.17, 15) is 4.79 Å². The van der Waals surface area contributed by atoms with Crippen molar-refractivity contribution in [3.8, 4) is 0 Å². The van der Waals surface area contributed by atoms with Gasteiger partial charge in [0, 0.05) is 38.6 Å². The van der Waals surface area contributed by atoms with Gasteiger partial charge in [0.25, 0.3) is 0 Å². The highest BCUT2D eigenvalue weighted by Gasteiger charge is 2.11. The molecule has 0 aromatic carbocycles. The quantitative estimate of drug-likeness (QED) is 0.809. The lowest BCUT2D eigenvalue weighted by molar-refractivity contribution is -0.127. The van der Waals surface area contributed by atoms with Crippen LogP contribution in [-0.4, -0.2) is 43.0 Å². The van der Waals surface area contributed by atoms with E-state index in [4.69, 9.17) is 5.73 Å². The monoisotopic (exact) mass is 222 g/mol. The maximum atomic E-state index is 11.6. The number of pyridine rings is 1. The van der Waals surface area contributed by atoms with E-state index in [0.29, 0.717) is 12.4 Å². The zero-order valence-electron chi connectivity index (χ0n) is 9.97. The molecule has 1 rings (SSSR count). The lowest BCUT2D eigenvalue weighted by Crippen LogP contribution is -2.36. The van der Waals surface area contributed by atoms with Gasteiger partial charge in [-0.15, -0.1) is 0 Å². The number of hydrogen-bond donors (Lipinski definition) is 1. The Morgan fingerprint density at radius 2 is 2.19 bits per heavy atom. The molecule has 0 radical (unpaired) electrons. The number of carbonyl (C=O) groups is 1. The molecule has 1 heterocycles. The third kappa shape index (κ3) is 3.12. The molecule has 0 saturated heterocycles. The summed E-state index contributed by atoms with van der Waals surface area (Å²) in [6.07, 6.45) is 1.65. The van der Waals surface area contributed by atoms with Gasteiger partial charge in [-0.2, -0.15) is 0 Å². The first kappa shape index (κ1) is 12.3. The summed E-state index contributed by atoms with van der Waals surface area (Å²) in [7, 11) is 3.49. The van der Waals surface area contributed by atoms with Crippen molar-refractivity contribution in [1.82, 2.24) is 9.88 Å². The second-order valence-corrected chi connectivity index (χ2v) is 3.74. The van der Waals surface area contributed by atoms with Crippen molar-refractivity contribution in [1.29, 1.82) is 0 Å². The van der Waals surface area contributed by atoms with Gasteiger partial charge in [-0.3, -0.25) is 4.79 Å². The summed E-state index contributed by atoms with van der Waals surface area (Å²) in [4.78, 5) is 19.1. The lowest BCUT2D eigenvalue weighted by atomic mass is 10.3. The van der Waals surface area contributed by atoms with Crippen molar-refractivity contribution in [3.63, 3.8) is 0 Å². The average molecular weight is 222 g/mol. The molecule has 2 N–H and O–H groups in total. The van der Waals surface area contributed by atoms with E-state index in [1.807, 2.05) is 17.9 Å². The molecular weight excluding hydrogens is 204 g/mol. The van der Waals surface area contributed by atoms with Crippen LogP contribution in [0, 0.1) is 0 Å². The number of rotatable bonds is 4. The van der Waals surface area contributed by atoms with E-state index < -0.39 is 0 Å². The average Bonchev–Trinajstić information content (AvgIpc) is 2.25. The second kappa shape index (κ2) is 5.34. The van der Waals surface area contributed by atoms with Gasteiger partial charge in [0.1, 0.15) is 5.82 Å². The molecule has 1 aromatic heterocycles. The van der Waals surface area contributed by atoms with Crippen LogP contribution in [0.3, 0.4) is 0 Å². The SMILES string of the molecule is CCN(CC(=O)N(C)C)c1ccnc(N)c1. The molecule has 1 amide bonds. The zero-order valence-corrected chi connectivity index (χ0v) is 9.97. The Labute approximate surface area is 95.9 Å². The molecule has 0 aliphatic rings. The highest BCUT2D eigenvalue weighted by molar-refractivity contribution is 5.81. The summed E-state index contributed by atoms with van der Waals surface area (Å²) >= 11 is 0. The fourth-order valence-electron chi connectivity index (χ4n) is 1.32. The van der Waals surface area contributed by atoms with Gasteiger partial charge < -0.3 is 15.5 Å². The molecule has 0 fully saturated rings. The summed E-state index contributed by atoms with van der Waals surface area (Å²) < 4.78 is 0. The maximum absolute atomic E-state index is 11.6. The first-order chi connectivity index (χ1) is 7.54. The molecule has 0 bridgehead atoms. The zero-order chi connectivity index (χ0) is 12.1. The Kier molecular flexibility index (Phi) is 4.10. The van der Waals surface area contributed by atoms with E-state index in [2.05, 4.69) is 4.98 Å². The molecule has 0 atom stereocenters. The Morgan fingerprint density at radius 3 is 2.69 bits per heavy atom. The molecule has 0 saturated carbocycles. The number of nitrogen functional groups attached to an aromatic ring is 1. The minimum absolute atomic E-state index is 0.0669. The van der Waals surface area contributed by atoms with E-state index in [-0.39, 0.29) is 5.91 Å². The van der Waals surface area contributed by atoms with Gasteiger partial charge in [-0.1, -0.05) is 0 Å². The molecule has 88 valence electrons. The lowest BCUT2D eigenvalue weighted by Gasteiger charge is -2.24. The van der Waals surface area contributed by atoms with Crippen molar-refractivity contribution < 1.29 is 4.79 Å². The fourth-order valence-corrected chi connectivity index (χ4v) is 1.32. The van der Waals surface area contributed by atoms with Crippen molar-refractivity contribution in [3.05, 3.63) is 18.3 Å². The Hall–Kier alpha value is -1.78. The van der Waals surface area contributed by atoms with Crippen LogP contribution >= 0.6 is 0 Å². The number of nitrogens with zero attached hydrogens (tertiary/aromatic N) is 3. The topological polar surface area (TPSA) is 62.5 Å². The maximum Gasteiger partial charge on any atom is 0.241 e. The van der Waals surface area contributed by atoms with Gasteiger partial charge in [-0.25, -0.2) is 4.98 Å². The van der Waals surface area contributed by atoms with Gasteiger partial charge >= 0.3 is 0 Å². The molecule has 0 unspecified atom stereocenters. The summed E-state index contributed by atoms with van der Waals surface area (Å²) in [5.74, 6) is 0.533. The molecule has 5 nitrogen and oxygen atoms in total. The minimum Gasteiger partial charge on any atom is -0.384 e. The van der Waals surface area contributed by atoms with E-state index in [0.717, 1.165) is 12.2 Å². The van der Waals surface area contributed by atoms with Crippen LogP contribution in [0.5, 0.6) is 0 Å². The number of aromatic nitrogens is 1. The predicted molar refractivity (Wildman–Crippen MR) is 65.2 cm³/mol. The second-order valence-electron chi connectivity index (χ2n) is 3.74. The molecule has 0 aliphatic carbocycles. The Morgan fingerprint density at radius 1 is 1.50 bits per heavy atom. The van der Waals surface area contributed by atoms with E-state index in [1.165, 1.54) is 0 Å². The standard InChI is InChI=1S/C11H18N4O/c1-4-15(8-11(16)14(2)3)9-5-6-13-10(12)7-9/h5-7H,4,8H2,1-3H3,(H2,12,13). The third-order valence-corrected chi connectivity index (χ3v) is 2.34. The summed E-state index contributed by atoms with van der Waals surface area (Å²) in [5.41, 5.74) is 6.53.